The molecule has 0 saturated carbocycles. The molecule has 0 bridgehead atoms. The first kappa shape index (κ1) is 20.5. The third-order valence-electron chi connectivity index (χ3n) is 3.93. The minimum atomic E-state index is -0.189. The van der Waals surface area contributed by atoms with Crippen molar-refractivity contribution in [3.05, 3.63) is 81.1 Å². The monoisotopic (exact) mass is 433 g/mol. The Morgan fingerprint density at radius 2 is 1.89 bits per heavy atom. The Balaban J connectivity index is 1.74. The van der Waals surface area contributed by atoms with Gasteiger partial charge in [-0.25, -0.2) is 4.98 Å². The summed E-state index contributed by atoms with van der Waals surface area (Å²) in [6.45, 7) is 4.39. The van der Waals surface area contributed by atoms with Crippen LogP contribution in [0.25, 0.3) is 10.9 Å². The van der Waals surface area contributed by atoms with Crippen LogP contribution in [0, 0.1) is 0 Å². The lowest BCUT2D eigenvalue weighted by molar-refractivity contribution is -0.118. The van der Waals surface area contributed by atoms with Gasteiger partial charge < -0.3 is 5.32 Å². The van der Waals surface area contributed by atoms with E-state index >= 15 is 0 Å². The number of nitrogens with one attached hydrogen (secondary N) is 1. The molecule has 8 heteroatoms. The van der Waals surface area contributed by atoms with Crippen molar-refractivity contribution in [3.8, 4) is 0 Å². The van der Waals surface area contributed by atoms with E-state index in [-0.39, 0.29) is 17.2 Å². The molecule has 0 aliphatic heterocycles. The summed E-state index contributed by atoms with van der Waals surface area (Å²) in [5.74, 6) is -0.0333. The van der Waals surface area contributed by atoms with Crippen LogP contribution < -0.4 is 10.9 Å². The molecular weight excluding hydrogens is 417 g/mol. The molecule has 2 aromatic carbocycles. The Hall–Kier alpha value is -2.28. The summed E-state index contributed by atoms with van der Waals surface area (Å²) in [4.78, 5) is 29.5. The molecule has 0 radical (unpaired) electrons. The summed E-state index contributed by atoms with van der Waals surface area (Å²) < 4.78 is 1.50. The van der Waals surface area contributed by atoms with Gasteiger partial charge in [0.15, 0.2) is 5.16 Å². The normalized spacial score (nSPS) is 10.8. The number of allylic oxidation sites excluding steroid dienone is 1. The molecule has 1 aromatic heterocycles. The molecule has 28 heavy (non-hydrogen) atoms. The molecule has 3 aromatic rings. The molecule has 1 heterocycles. The van der Waals surface area contributed by atoms with Crippen LogP contribution in [0.3, 0.4) is 0 Å². The Kier molecular flexibility index (Phi) is 6.78. The van der Waals surface area contributed by atoms with Gasteiger partial charge in [-0.1, -0.05) is 53.2 Å². The van der Waals surface area contributed by atoms with Crippen LogP contribution in [0.1, 0.15) is 5.56 Å². The number of amides is 1. The van der Waals surface area contributed by atoms with Crippen molar-refractivity contribution in [3.63, 3.8) is 0 Å². The molecule has 0 spiro atoms. The molecule has 3 rings (SSSR count). The summed E-state index contributed by atoms with van der Waals surface area (Å²) >= 11 is 13.1. The van der Waals surface area contributed by atoms with Gasteiger partial charge >= 0.3 is 0 Å². The number of hydrogen-bond acceptors (Lipinski definition) is 4. The molecule has 0 fully saturated rings. The fourth-order valence-corrected chi connectivity index (χ4v) is 3.69. The SMILES string of the molecule is C=CCn1c(SCC(=O)NCc2ccc(Cl)cc2)nc2cc(Cl)ccc2c1=O. The van der Waals surface area contributed by atoms with Gasteiger partial charge in [0.25, 0.3) is 5.56 Å². The van der Waals surface area contributed by atoms with Gasteiger partial charge in [-0.15, -0.1) is 6.58 Å². The summed E-state index contributed by atoms with van der Waals surface area (Å²) in [7, 11) is 0. The number of fused-ring (bicyclic) bond motifs is 1. The largest absolute Gasteiger partial charge is 0.351 e. The topological polar surface area (TPSA) is 64.0 Å². The number of carbonyl (C=O) groups is 1. The van der Waals surface area contributed by atoms with Crippen LogP contribution in [-0.2, 0) is 17.9 Å². The summed E-state index contributed by atoms with van der Waals surface area (Å²) in [6, 6.07) is 12.2. The Morgan fingerprint density at radius 1 is 1.18 bits per heavy atom. The van der Waals surface area contributed by atoms with Crippen molar-refractivity contribution in [1.82, 2.24) is 14.9 Å². The average molecular weight is 434 g/mol. The maximum absolute atomic E-state index is 12.7. The van der Waals surface area contributed by atoms with Crippen LogP contribution in [-0.4, -0.2) is 21.2 Å². The fraction of sp³-hybridized carbons (Fsp3) is 0.150. The van der Waals surface area contributed by atoms with Crippen LogP contribution in [0.2, 0.25) is 10.0 Å². The molecule has 1 N–H and O–H groups in total. The lowest BCUT2D eigenvalue weighted by Gasteiger charge is -2.11. The number of rotatable bonds is 7. The zero-order chi connectivity index (χ0) is 20.1. The molecule has 0 aliphatic carbocycles. The van der Waals surface area contributed by atoms with E-state index in [0.29, 0.717) is 39.2 Å². The third kappa shape index (κ3) is 4.95. The van der Waals surface area contributed by atoms with Crippen molar-refractivity contribution in [2.45, 2.75) is 18.2 Å². The van der Waals surface area contributed by atoms with Gasteiger partial charge in [-0.3, -0.25) is 14.2 Å². The lowest BCUT2D eigenvalue weighted by Crippen LogP contribution is -2.26. The van der Waals surface area contributed by atoms with Crippen LogP contribution in [0.5, 0.6) is 0 Å². The van der Waals surface area contributed by atoms with Crippen molar-refractivity contribution in [2.75, 3.05) is 5.75 Å². The second-order valence-corrected chi connectivity index (χ2v) is 7.77. The molecule has 1 amide bonds. The summed E-state index contributed by atoms with van der Waals surface area (Å²) in [5, 5.41) is 4.91. The maximum atomic E-state index is 12.7. The van der Waals surface area contributed by atoms with E-state index in [9.17, 15) is 9.59 Å². The Morgan fingerprint density at radius 3 is 2.61 bits per heavy atom. The van der Waals surface area contributed by atoms with E-state index in [1.165, 1.54) is 16.3 Å². The van der Waals surface area contributed by atoms with Crippen molar-refractivity contribution >= 4 is 51.8 Å². The average Bonchev–Trinajstić information content (AvgIpc) is 2.68. The van der Waals surface area contributed by atoms with E-state index in [1.54, 1.807) is 36.4 Å². The maximum Gasteiger partial charge on any atom is 0.262 e. The highest BCUT2D eigenvalue weighted by molar-refractivity contribution is 7.99. The number of nitrogens with zero attached hydrogens (tertiary/aromatic N) is 2. The molecular formula is C20H17Cl2N3O2S. The molecule has 0 unspecified atom stereocenters. The van der Waals surface area contributed by atoms with E-state index in [0.717, 1.165) is 5.56 Å². The highest BCUT2D eigenvalue weighted by Crippen LogP contribution is 2.20. The first-order valence-corrected chi connectivity index (χ1v) is 10.2. The van der Waals surface area contributed by atoms with E-state index < -0.39 is 0 Å². The predicted molar refractivity (Wildman–Crippen MR) is 115 cm³/mol. The predicted octanol–water partition coefficient (Wildman–Crippen LogP) is 4.30. The van der Waals surface area contributed by atoms with Gasteiger partial charge in [-0.05, 0) is 35.9 Å². The minimum Gasteiger partial charge on any atom is -0.351 e. The molecule has 0 aliphatic rings. The third-order valence-corrected chi connectivity index (χ3v) is 5.39. The van der Waals surface area contributed by atoms with Gasteiger partial charge in [0.05, 0.1) is 16.7 Å². The van der Waals surface area contributed by atoms with Crippen molar-refractivity contribution < 1.29 is 4.79 Å². The number of hydrogen-bond donors (Lipinski definition) is 1. The zero-order valence-corrected chi connectivity index (χ0v) is 17.2. The molecule has 0 atom stereocenters. The minimum absolute atomic E-state index is 0.128. The van der Waals surface area contributed by atoms with Gasteiger partial charge in [0.2, 0.25) is 5.91 Å². The number of carbonyl (C=O) groups excluding carboxylic acids is 1. The fourth-order valence-electron chi connectivity index (χ4n) is 2.56. The van der Waals surface area contributed by atoms with E-state index in [4.69, 9.17) is 23.2 Å². The van der Waals surface area contributed by atoms with Gasteiger partial charge in [-0.2, -0.15) is 0 Å². The van der Waals surface area contributed by atoms with E-state index in [1.807, 2.05) is 12.1 Å². The second kappa shape index (κ2) is 9.28. The first-order chi connectivity index (χ1) is 13.5. The smallest absolute Gasteiger partial charge is 0.262 e. The van der Waals surface area contributed by atoms with Crippen LogP contribution in [0.15, 0.2) is 65.1 Å². The first-order valence-electron chi connectivity index (χ1n) is 8.43. The standard InChI is InChI=1S/C20H17Cl2N3O2S/c1-2-9-25-19(27)16-8-7-15(22)10-17(16)24-20(25)28-12-18(26)23-11-13-3-5-14(21)6-4-13/h2-8,10H,1,9,11-12H2,(H,23,26). The van der Waals surface area contributed by atoms with E-state index in [2.05, 4.69) is 16.9 Å². The molecule has 0 saturated heterocycles. The summed E-state index contributed by atoms with van der Waals surface area (Å²) in [6.07, 6.45) is 1.62. The van der Waals surface area contributed by atoms with Crippen LogP contribution in [0.4, 0.5) is 0 Å². The Labute approximate surface area is 176 Å². The number of benzene rings is 2. The van der Waals surface area contributed by atoms with Gasteiger partial charge in [0, 0.05) is 23.1 Å². The van der Waals surface area contributed by atoms with Gasteiger partial charge in [0.1, 0.15) is 0 Å². The van der Waals surface area contributed by atoms with Crippen LogP contribution >= 0.6 is 35.0 Å². The van der Waals surface area contributed by atoms with Crippen molar-refractivity contribution in [2.24, 2.45) is 0 Å². The second-order valence-electron chi connectivity index (χ2n) is 5.95. The lowest BCUT2D eigenvalue weighted by atomic mass is 10.2. The zero-order valence-electron chi connectivity index (χ0n) is 14.8. The number of halogens is 2. The van der Waals surface area contributed by atoms with Crippen molar-refractivity contribution in [1.29, 1.82) is 0 Å². The number of thioether (sulfide) groups is 1. The quantitative estimate of drug-likeness (QED) is 0.342. The molecule has 144 valence electrons. The summed E-state index contributed by atoms with van der Waals surface area (Å²) in [5.41, 5.74) is 1.26. The number of aromatic nitrogens is 2. The Bertz CT molecular complexity index is 1080. The highest BCUT2D eigenvalue weighted by Gasteiger charge is 2.13. The molecule has 5 nitrogen and oxygen atoms in total. The highest BCUT2D eigenvalue weighted by atomic mass is 35.5.